The molecule has 100 valence electrons. The lowest BCUT2D eigenvalue weighted by atomic mass is 10.2. The molecule has 1 aromatic carbocycles. The molecule has 1 aromatic rings. The molecule has 4 heteroatoms. The van der Waals surface area contributed by atoms with Crippen LogP contribution in [0.2, 0.25) is 0 Å². The quantitative estimate of drug-likeness (QED) is 0.697. The number of unbranched alkanes of at least 4 members (excludes halogenated alkanes) is 1. The zero-order valence-electron chi connectivity index (χ0n) is 11.2. The zero-order valence-corrected chi connectivity index (χ0v) is 11.2. The third-order valence-electron chi connectivity index (χ3n) is 2.63. The van der Waals surface area contributed by atoms with E-state index in [1.807, 2.05) is 24.3 Å². The van der Waals surface area contributed by atoms with Crippen LogP contribution in [0.3, 0.4) is 0 Å². The predicted molar refractivity (Wildman–Crippen MR) is 74.0 cm³/mol. The van der Waals surface area contributed by atoms with Crippen molar-refractivity contribution in [3.05, 3.63) is 24.3 Å². The number of rotatable bonds is 8. The summed E-state index contributed by atoms with van der Waals surface area (Å²) in [7, 11) is 1.64. The number of benzene rings is 1. The Balaban J connectivity index is 2.26. The SMILES string of the molecule is CCCCNC(=O)CCNc1ccccc1OC. The van der Waals surface area contributed by atoms with E-state index in [1.165, 1.54) is 0 Å². The Morgan fingerprint density at radius 1 is 1.28 bits per heavy atom. The number of methoxy groups -OCH3 is 1. The van der Waals surface area contributed by atoms with Crippen molar-refractivity contribution < 1.29 is 9.53 Å². The van der Waals surface area contributed by atoms with Crippen molar-refractivity contribution in [1.82, 2.24) is 5.32 Å². The number of carbonyl (C=O) groups is 1. The standard InChI is InChI=1S/C14H22N2O2/c1-3-4-10-16-14(17)9-11-15-12-7-5-6-8-13(12)18-2/h5-8,15H,3-4,9-11H2,1-2H3,(H,16,17). The highest BCUT2D eigenvalue weighted by atomic mass is 16.5. The van der Waals surface area contributed by atoms with E-state index in [-0.39, 0.29) is 5.91 Å². The average molecular weight is 250 g/mol. The number of carbonyl (C=O) groups excluding carboxylic acids is 1. The maximum atomic E-state index is 11.5. The number of anilines is 1. The van der Waals surface area contributed by atoms with Gasteiger partial charge in [0.25, 0.3) is 0 Å². The van der Waals surface area contributed by atoms with Crippen LogP contribution >= 0.6 is 0 Å². The summed E-state index contributed by atoms with van der Waals surface area (Å²) in [4.78, 5) is 11.5. The van der Waals surface area contributed by atoms with Gasteiger partial charge in [-0.3, -0.25) is 4.79 Å². The van der Waals surface area contributed by atoms with Crippen LogP contribution in [-0.2, 0) is 4.79 Å². The number of para-hydroxylation sites is 2. The maximum Gasteiger partial charge on any atom is 0.221 e. The van der Waals surface area contributed by atoms with E-state index >= 15 is 0 Å². The van der Waals surface area contributed by atoms with Gasteiger partial charge >= 0.3 is 0 Å². The minimum atomic E-state index is 0.0887. The van der Waals surface area contributed by atoms with E-state index in [4.69, 9.17) is 4.74 Å². The van der Waals surface area contributed by atoms with Gasteiger partial charge in [0.1, 0.15) is 5.75 Å². The highest BCUT2D eigenvalue weighted by Crippen LogP contribution is 2.22. The highest BCUT2D eigenvalue weighted by Gasteiger charge is 2.03. The topological polar surface area (TPSA) is 50.4 Å². The predicted octanol–water partition coefficient (Wildman–Crippen LogP) is 2.41. The summed E-state index contributed by atoms with van der Waals surface area (Å²) < 4.78 is 5.22. The molecule has 1 amide bonds. The fourth-order valence-electron chi connectivity index (χ4n) is 1.59. The van der Waals surface area contributed by atoms with Gasteiger partial charge < -0.3 is 15.4 Å². The van der Waals surface area contributed by atoms with Crippen molar-refractivity contribution in [2.75, 3.05) is 25.5 Å². The number of amides is 1. The Bertz CT molecular complexity index is 367. The lowest BCUT2D eigenvalue weighted by Crippen LogP contribution is -2.26. The number of hydrogen-bond donors (Lipinski definition) is 2. The van der Waals surface area contributed by atoms with Gasteiger partial charge in [-0.25, -0.2) is 0 Å². The largest absolute Gasteiger partial charge is 0.495 e. The molecule has 0 saturated heterocycles. The minimum absolute atomic E-state index is 0.0887. The van der Waals surface area contributed by atoms with Gasteiger partial charge in [-0.2, -0.15) is 0 Å². The van der Waals surface area contributed by atoms with E-state index in [1.54, 1.807) is 7.11 Å². The Hall–Kier alpha value is -1.71. The second kappa shape index (κ2) is 8.39. The summed E-state index contributed by atoms with van der Waals surface area (Å²) in [5.41, 5.74) is 0.918. The van der Waals surface area contributed by atoms with E-state index in [0.29, 0.717) is 13.0 Å². The van der Waals surface area contributed by atoms with Crippen LogP contribution < -0.4 is 15.4 Å². The summed E-state index contributed by atoms with van der Waals surface area (Å²) >= 11 is 0. The molecule has 0 radical (unpaired) electrons. The molecular formula is C14H22N2O2. The van der Waals surface area contributed by atoms with Crippen LogP contribution in [0.15, 0.2) is 24.3 Å². The first-order chi connectivity index (χ1) is 8.77. The van der Waals surface area contributed by atoms with Gasteiger partial charge in [-0.1, -0.05) is 25.5 Å². The van der Waals surface area contributed by atoms with Gasteiger partial charge in [0, 0.05) is 19.5 Å². The normalized spacial score (nSPS) is 9.89. The van der Waals surface area contributed by atoms with Crippen LogP contribution in [0.25, 0.3) is 0 Å². The van der Waals surface area contributed by atoms with Gasteiger partial charge in [0.05, 0.1) is 12.8 Å². The molecule has 0 heterocycles. The molecule has 0 aliphatic rings. The summed E-state index contributed by atoms with van der Waals surface area (Å²) in [6.45, 7) is 3.48. The van der Waals surface area contributed by atoms with Crippen molar-refractivity contribution in [2.24, 2.45) is 0 Å². The van der Waals surface area contributed by atoms with Crippen molar-refractivity contribution >= 4 is 11.6 Å². The van der Waals surface area contributed by atoms with Crippen LogP contribution in [0.5, 0.6) is 5.75 Å². The molecule has 1 rings (SSSR count). The second-order valence-corrected chi connectivity index (χ2v) is 4.08. The van der Waals surface area contributed by atoms with E-state index in [2.05, 4.69) is 17.6 Å². The molecule has 0 aliphatic carbocycles. The Kier molecular flexibility index (Phi) is 6.69. The van der Waals surface area contributed by atoms with Crippen molar-refractivity contribution in [3.8, 4) is 5.75 Å². The lowest BCUT2D eigenvalue weighted by Gasteiger charge is -2.10. The van der Waals surface area contributed by atoms with Gasteiger partial charge in [0.2, 0.25) is 5.91 Å². The average Bonchev–Trinajstić information content (AvgIpc) is 2.39. The molecule has 2 N–H and O–H groups in total. The molecule has 0 unspecified atom stereocenters. The molecular weight excluding hydrogens is 228 g/mol. The molecule has 0 aromatic heterocycles. The molecule has 0 fully saturated rings. The molecule has 0 atom stereocenters. The summed E-state index contributed by atoms with van der Waals surface area (Å²) in [5, 5.41) is 6.09. The maximum absolute atomic E-state index is 11.5. The van der Waals surface area contributed by atoms with Crippen LogP contribution in [0.4, 0.5) is 5.69 Å². The third kappa shape index (κ3) is 5.08. The second-order valence-electron chi connectivity index (χ2n) is 4.08. The zero-order chi connectivity index (χ0) is 13.2. The van der Waals surface area contributed by atoms with Gasteiger partial charge in [-0.15, -0.1) is 0 Å². The summed E-state index contributed by atoms with van der Waals surface area (Å²) in [5.74, 6) is 0.884. The van der Waals surface area contributed by atoms with Crippen molar-refractivity contribution in [3.63, 3.8) is 0 Å². The Morgan fingerprint density at radius 3 is 2.78 bits per heavy atom. The molecule has 0 bridgehead atoms. The van der Waals surface area contributed by atoms with Gasteiger partial charge in [-0.05, 0) is 18.6 Å². The summed E-state index contributed by atoms with van der Waals surface area (Å²) in [6.07, 6.45) is 2.60. The Labute approximate surface area is 109 Å². The first kappa shape index (κ1) is 14.4. The van der Waals surface area contributed by atoms with Crippen LogP contribution in [0, 0.1) is 0 Å². The van der Waals surface area contributed by atoms with E-state index < -0.39 is 0 Å². The van der Waals surface area contributed by atoms with Gasteiger partial charge in [0.15, 0.2) is 0 Å². The smallest absolute Gasteiger partial charge is 0.221 e. The van der Waals surface area contributed by atoms with E-state index in [9.17, 15) is 4.79 Å². The van der Waals surface area contributed by atoms with E-state index in [0.717, 1.165) is 30.8 Å². The molecule has 4 nitrogen and oxygen atoms in total. The minimum Gasteiger partial charge on any atom is -0.495 e. The van der Waals surface area contributed by atoms with Crippen LogP contribution in [-0.4, -0.2) is 26.1 Å². The third-order valence-corrected chi connectivity index (χ3v) is 2.63. The highest BCUT2D eigenvalue weighted by molar-refractivity contribution is 5.76. The first-order valence-corrected chi connectivity index (χ1v) is 6.41. The molecule has 18 heavy (non-hydrogen) atoms. The fourth-order valence-corrected chi connectivity index (χ4v) is 1.59. The first-order valence-electron chi connectivity index (χ1n) is 6.41. The monoisotopic (exact) mass is 250 g/mol. The number of nitrogens with one attached hydrogen (secondary N) is 2. The van der Waals surface area contributed by atoms with Crippen molar-refractivity contribution in [1.29, 1.82) is 0 Å². The Morgan fingerprint density at radius 2 is 2.06 bits per heavy atom. The fraction of sp³-hybridized carbons (Fsp3) is 0.500. The summed E-state index contributed by atoms with van der Waals surface area (Å²) in [6, 6.07) is 7.69. The molecule has 0 spiro atoms. The van der Waals surface area contributed by atoms with Crippen LogP contribution in [0.1, 0.15) is 26.2 Å². The number of hydrogen-bond acceptors (Lipinski definition) is 3. The lowest BCUT2D eigenvalue weighted by molar-refractivity contribution is -0.120. The molecule has 0 aliphatic heterocycles. The van der Waals surface area contributed by atoms with Crippen molar-refractivity contribution in [2.45, 2.75) is 26.2 Å². The number of ether oxygens (including phenoxy) is 1. The molecule has 0 saturated carbocycles.